The Hall–Kier alpha value is -2.66. The van der Waals surface area contributed by atoms with Crippen LogP contribution in [0, 0.1) is 0 Å². The van der Waals surface area contributed by atoms with Gasteiger partial charge in [-0.2, -0.15) is 0 Å². The van der Waals surface area contributed by atoms with Crippen LogP contribution in [0.2, 0.25) is 0 Å². The van der Waals surface area contributed by atoms with Gasteiger partial charge < -0.3 is 13.9 Å². The minimum absolute atomic E-state index is 0.0894. The van der Waals surface area contributed by atoms with Crippen LogP contribution >= 0.6 is 0 Å². The van der Waals surface area contributed by atoms with Crippen LogP contribution in [-0.2, 0) is 4.74 Å². The Bertz CT molecular complexity index is 879. The van der Waals surface area contributed by atoms with Crippen LogP contribution in [0.4, 0.5) is 0 Å². The molecule has 0 aliphatic carbocycles. The van der Waals surface area contributed by atoms with Crippen LogP contribution < -0.4 is 10.4 Å². The molecular formula is C16H12O5. The lowest BCUT2D eigenvalue weighted by Gasteiger charge is -2.09. The Morgan fingerprint density at radius 3 is 2.81 bits per heavy atom. The first-order valence-electron chi connectivity index (χ1n) is 6.31. The summed E-state index contributed by atoms with van der Waals surface area (Å²) in [7, 11) is 1.53. The molecule has 0 amide bonds. The Kier molecular flexibility index (Phi) is 3.41. The SMILES string of the molecule is COCOc1cccc2oc(=O)c3cc(C=O)ccc3c12. The zero-order valence-electron chi connectivity index (χ0n) is 11.3. The van der Waals surface area contributed by atoms with Gasteiger partial charge >= 0.3 is 5.63 Å². The van der Waals surface area contributed by atoms with Gasteiger partial charge in [-0.25, -0.2) is 4.79 Å². The van der Waals surface area contributed by atoms with Gasteiger partial charge in [-0.1, -0.05) is 18.2 Å². The van der Waals surface area contributed by atoms with Crippen LogP contribution in [-0.4, -0.2) is 20.2 Å². The van der Waals surface area contributed by atoms with E-state index in [1.54, 1.807) is 30.3 Å². The van der Waals surface area contributed by atoms with Crippen molar-refractivity contribution in [3.8, 4) is 5.75 Å². The minimum Gasteiger partial charge on any atom is -0.467 e. The van der Waals surface area contributed by atoms with Gasteiger partial charge in [-0.15, -0.1) is 0 Å². The van der Waals surface area contributed by atoms with Crippen molar-refractivity contribution >= 4 is 28.0 Å². The zero-order chi connectivity index (χ0) is 14.8. The zero-order valence-corrected chi connectivity index (χ0v) is 11.3. The van der Waals surface area contributed by atoms with Gasteiger partial charge in [0.05, 0.1) is 10.8 Å². The van der Waals surface area contributed by atoms with Crippen molar-refractivity contribution in [1.82, 2.24) is 0 Å². The number of rotatable bonds is 4. The van der Waals surface area contributed by atoms with E-state index in [-0.39, 0.29) is 6.79 Å². The van der Waals surface area contributed by atoms with Crippen molar-refractivity contribution in [2.24, 2.45) is 0 Å². The van der Waals surface area contributed by atoms with Crippen molar-refractivity contribution in [3.05, 3.63) is 52.4 Å². The summed E-state index contributed by atoms with van der Waals surface area (Å²) >= 11 is 0. The van der Waals surface area contributed by atoms with E-state index in [4.69, 9.17) is 13.9 Å². The van der Waals surface area contributed by atoms with E-state index in [2.05, 4.69) is 0 Å². The van der Waals surface area contributed by atoms with Crippen LogP contribution in [0.25, 0.3) is 21.7 Å². The first-order valence-corrected chi connectivity index (χ1v) is 6.31. The van der Waals surface area contributed by atoms with Crippen molar-refractivity contribution < 1.29 is 18.7 Å². The van der Waals surface area contributed by atoms with E-state index < -0.39 is 5.63 Å². The fourth-order valence-electron chi connectivity index (χ4n) is 2.28. The maximum atomic E-state index is 12.0. The average Bonchev–Trinajstić information content (AvgIpc) is 2.52. The first kappa shape index (κ1) is 13.3. The van der Waals surface area contributed by atoms with Gasteiger partial charge in [0.25, 0.3) is 0 Å². The van der Waals surface area contributed by atoms with Crippen LogP contribution in [0.15, 0.2) is 45.6 Å². The van der Waals surface area contributed by atoms with Gasteiger partial charge in [0, 0.05) is 18.1 Å². The van der Waals surface area contributed by atoms with Crippen LogP contribution in [0.1, 0.15) is 10.4 Å². The first-order chi connectivity index (χ1) is 10.2. The summed E-state index contributed by atoms with van der Waals surface area (Å²) < 4.78 is 15.7. The summed E-state index contributed by atoms with van der Waals surface area (Å²) in [4.78, 5) is 22.9. The van der Waals surface area contributed by atoms with Crippen LogP contribution in [0.5, 0.6) is 5.75 Å². The normalized spacial score (nSPS) is 10.9. The Morgan fingerprint density at radius 2 is 2.05 bits per heavy atom. The quantitative estimate of drug-likeness (QED) is 0.319. The molecule has 0 N–H and O–H groups in total. The number of fused-ring (bicyclic) bond motifs is 3. The third kappa shape index (κ3) is 2.28. The molecule has 0 spiro atoms. The fourth-order valence-corrected chi connectivity index (χ4v) is 2.28. The predicted molar refractivity (Wildman–Crippen MR) is 77.9 cm³/mol. The van der Waals surface area contributed by atoms with E-state index in [0.29, 0.717) is 39.3 Å². The molecule has 5 heteroatoms. The van der Waals surface area contributed by atoms with E-state index in [1.165, 1.54) is 13.2 Å². The second kappa shape index (κ2) is 5.38. The highest BCUT2D eigenvalue weighted by atomic mass is 16.7. The number of hydrogen-bond donors (Lipinski definition) is 0. The number of ether oxygens (including phenoxy) is 2. The largest absolute Gasteiger partial charge is 0.467 e. The third-order valence-corrected chi connectivity index (χ3v) is 3.19. The number of carbonyl (C=O) groups is 1. The maximum Gasteiger partial charge on any atom is 0.344 e. The lowest BCUT2D eigenvalue weighted by molar-refractivity contribution is 0.0522. The summed E-state index contributed by atoms with van der Waals surface area (Å²) in [5.41, 5.74) is 0.370. The maximum absolute atomic E-state index is 12.0. The highest BCUT2D eigenvalue weighted by Crippen LogP contribution is 2.31. The molecule has 0 fully saturated rings. The molecule has 3 aromatic rings. The summed E-state index contributed by atoms with van der Waals surface area (Å²) in [6.07, 6.45) is 0.691. The van der Waals surface area contributed by atoms with Crippen LogP contribution in [0.3, 0.4) is 0 Å². The van der Waals surface area contributed by atoms with Gasteiger partial charge in [-0.05, 0) is 18.2 Å². The molecule has 21 heavy (non-hydrogen) atoms. The topological polar surface area (TPSA) is 65.7 Å². The molecule has 0 bridgehead atoms. The molecule has 106 valence electrons. The predicted octanol–water partition coefficient (Wildman–Crippen LogP) is 2.74. The highest BCUT2D eigenvalue weighted by Gasteiger charge is 2.12. The molecule has 5 nitrogen and oxygen atoms in total. The lowest BCUT2D eigenvalue weighted by atomic mass is 10.0. The Labute approximate surface area is 119 Å². The second-order valence-electron chi connectivity index (χ2n) is 4.49. The van der Waals surface area contributed by atoms with Crippen molar-refractivity contribution in [2.75, 3.05) is 13.9 Å². The molecule has 0 aliphatic rings. The lowest BCUT2D eigenvalue weighted by Crippen LogP contribution is -2.03. The molecule has 0 atom stereocenters. The van der Waals surface area contributed by atoms with E-state index in [9.17, 15) is 9.59 Å². The number of carbonyl (C=O) groups excluding carboxylic acids is 1. The Morgan fingerprint density at radius 1 is 1.19 bits per heavy atom. The molecule has 0 aliphatic heterocycles. The number of benzene rings is 2. The summed E-state index contributed by atoms with van der Waals surface area (Å²) in [6.45, 7) is 0.0894. The van der Waals surface area contributed by atoms with E-state index >= 15 is 0 Å². The second-order valence-corrected chi connectivity index (χ2v) is 4.49. The summed E-state index contributed by atoms with van der Waals surface area (Å²) in [6, 6.07) is 10.1. The van der Waals surface area contributed by atoms with Crippen molar-refractivity contribution in [1.29, 1.82) is 0 Å². The van der Waals surface area contributed by atoms with Crippen molar-refractivity contribution in [3.63, 3.8) is 0 Å². The average molecular weight is 284 g/mol. The van der Waals surface area contributed by atoms with E-state index in [1.807, 2.05) is 0 Å². The third-order valence-electron chi connectivity index (χ3n) is 3.19. The number of aldehydes is 1. The molecular weight excluding hydrogens is 272 g/mol. The van der Waals surface area contributed by atoms with Gasteiger partial charge in [0.2, 0.25) is 0 Å². The number of hydrogen-bond acceptors (Lipinski definition) is 5. The summed E-state index contributed by atoms with van der Waals surface area (Å²) in [5, 5.41) is 1.71. The minimum atomic E-state index is -0.481. The highest BCUT2D eigenvalue weighted by molar-refractivity contribution is 6.08. The molecule has 3 rings (SSSR count). The molecule has 0 saturated heterocycles. The molecule has 1 heterocycles. The van der Waals surface area contributed by atoms with Gasteiger partial charge in [0.15, 0.2) is 6.79 Å². The fraction of sp³-hybridized carbons (Fsp3) is 0.125. The van der Waals surface area contributed by atoms with Gasteiger partial charge in [-0.3, -0.25) is 4.79 Å². The Balaban J connectivity index is 2.39. The molecule has 1 aromatic heterocycles. The standard InChI is InChI=1S/C16H12O5/c1-19-9-20-13-3-2-4-14-15(13)11-6-5-10(8-17)7-12(11)16(18)21-14/h2-8H,9H2,1H3. The summed E-state index contributed by atoms with van der Waals surface area (Å²) in [5.74, 6) is 0.557. The molecule has 0 radical (unpaired) electrons. The number of methoxy groups -OCH3 is 1. The molecule has 2 aromatic carbocycles. The molecule has 0 unspecified atom stereocenters. The molecule has 0 saturated carbocycles. The smallest absolute Gasteiger partial charge is 0.344 e. The monoisotopic (exact) mass is 284 g/mol. The van der Waals surface area contributed by atoms with E-state index in [0.717, 1.165) is 0 Å². The van der Waals surface area contributed by atoms with Gasteiger partial charge in [0.1, 0.15) is 17.6 Å². The van der Waals surface area contributed by atoms with Crippen molar-refractivity contribution in [2.45, 2.75) is 0 Å².